The minimum absolute atomic E-state index is 0.185. The van der Waals surface area contributed by atoms with Gasteiger partial charge >= 0.3 is 6.18 Å². The molecule has 0 saturated carbocycles. The average Bonchev–Trinajstić information content (AvgIpc) is 2.74. The summed E-state index contributed by atoms with van der Waals surface area (Å²) >= 11 is 0. The Kier molecular flexibility index (Phi) is 9.76. The lowest BCUT2D eigenvalue weighted by Gasteiger charge is -2.12. The summed E-state index contributed by atoms with van der Waals surface area (Å²) in [5.74, 6) is 1.76. The molecule has 0 aliphatic carbocycles. The van der Waals surface area contributed by atoms with E-state index in [-0.39, 0.29) is 5.75 Å². The summed E-state index contributed by atoms with van der Waals surface area (Å²) in [6.07, 6.45) is -0.631. The van der Waals surface area contributed by atoms with Gasteiger partial charge in [0.15, 0.2) is 12.6 Å². The van der Waals surface area contributed by atoms with Gasteiger partial charge in [0.2, 0.25) is 0 Å². The molecule has 0 aliphatic rings. The maximum absolute atomic E-state index is 12.2. The van der Waals surface area contributed by atoms with Crippen molar-refractivity contribution in [3.05, 3.63) is 54.2 Å². The molecular weight excluding hydrogens is 395 g/mol. The summed E-state index contributed by atoms with van der Waals surface area (Å²) < 4.78 is 41.3. The topological polar surface area (TPSA) is 70.6 Å². The molecule has 2 aromatic rings. The molecule has 1 aromatic carbocycles. The number of benzene rings is 1. The van der Waals surface area contributed by atoms with Gasteiger partial charge in [-0.15, -0.1) is 0 Å². The predicted octanol–water partition coefficient (Wildman–Crippen LogP) is 3.97. The number of nitrogens with zero attached hydrogens (tertiary/aromatic N) is 2. The maximum atomic E-state index is 12.2. The van der Waals surface area contributed by atoms with Crippen molar-refractivity contribution in [2.24, 2.45) is 4.99 Å². The first-order chi connectivity index (χ1) is 14.5. The van der Waals surface area contributed by atoms with Crippen LogP contribution in [0, 0.1) is 0 Å². The Morgan fingerprint density at radius 3 is 2.47 bits per heavy atom. The van der Waals surface area contributed by atoms with E-state index in [1.165, 1.54) is 12.1 Å². The molecule has 30 heavy (non-hydrogen) atoms. The molecule has 0 bridgehead atoms. The van der Waals surface area contributed by atoms with Gasteiger partial charge in [0.05, 0.1) is 6.54 Å². The molecule has 0 amide bonds. The number of aromatic nitrogens is 1. The Hall–Kier alpha value is -2.97. The van der Waals surface area contributed by atoms with Crippen molar-refractivity contribution < 1.29 is 17.9 Å². The van der Waals surface area contributed by atoms with Crippen molar-refractivity contribution in [3.8, 4) is 5.75 Å². The number of rotatable bonds is 11. The standard InChI is InChI=1S/C21H28F3N5O/c1-2-25-20(28-14-6-5-13-27-19-7-3-4-12-26-19)29-15-17-8-10-18(11-9-17)30-16-21(22,23)24/h3-4,7-12H,2,5-6,13-16H2,1H3,(H,26,27)(H2,25,28,29). The SMILES string of the molecule is CCNC(=NCc1ccc(OCC(F)(F)F)cc1)NCCCCNc1ccccn1. The number of aliphatic imine (C=N–C) groups is 1. The molecule has 9 heteroatoms. The highest BCUT2D eigenvalue weighted by Crippen LogP contribution is 2.19. The summed E-state index contributed by atoms with van der Waals surface area (Å²) in [5, 5.41) is 9.73. The predicted molar refractivity (Wildman–Crippen MR) is 113 cm³/mol. The number of hydrogen-bond acceptors (Lipinski definition) is 4. The fourth-order valence-electron chi connectivity index (χ4n) is 2.51. The minimum Gasteiger partial charge on any atom is -0.484 e. The van der Waals surface area contributed by atoms with Crippen LogP contribution in [0.5, 0.6) is 5.75 Å². The fraction of sp³-hybridized carbons (Fsp3) is 0.429. The first-order valence-corrected chi connectivity index (χ1v) is 9.92. The van der Waals surface area contributed by atoms with E-state index in [0.29, 0.717) is 12.5 Å². The highest BCUT2D eigenvalue weighted by Gasteiger charge is 2.28. The molecule has 0 radical (unpaired) electrons. The number of alkyl halides is 3. The second-order valence-corrected chi connectivity index (χ2v) is 6.52. The molecule has 6 nitrogen and oxygen atoms in total. The van der Waals surface area contributed by atoms with Crippen LogP contribution in [0.3, 0.4) is 0 Å². The summed E-state index contributed by atoms with van der Waals surface area (Å²) in [6, 6.07) is 12.2. The van der Waals surface area contributed by atoms with Crippen LogP contribution in [0.4, 0.5) is 19.0 Å². The first kappa shape index (κ1) is 23.3. The first-order valence-electron chi connectivity index (χ1n) is 9.92. The van der Waals surface area contributed by atoms with E-state index in [0.717, 1.165) is 43.9 Å². The molecule has 1 heterocycles. The van der Waals surface area contributed by atoms with Gasteiger partial charge in [-0.1, -0.05) is 18.2 Å². The number of nitrogens with one attached hydrogen (secondary N) is 3. The third-order valence-corrected chi connectivity index (χ3v) is 3.96. The molecule has 0 fully saturated rings. The van der Waals surface area contributed by atoms with E-state index < -0.39 is 12.8 Å². The van der Waals surface area contributed by atoms with Crippen LogP contribution in [-0.4, -0.2) is 43.4 Å². The average molecular weight is 423 g/mol. The zero-order chi connectivity index (χ0) is 21.7. The summed E-state index contributed by atoms with van der Waals surface area (Å²) in [7, 11) is 0. The van der Waals surface area contributed by atoms with Crippen molar-refractivity contribution in [2.75, 3.05) is 31.6 Å². The van der Waals surface area contributed by atoms with Gasteiger partial charge in [-0.2, -0.15) is 13.2 Å². The van der Waals surface area contributed by atoms with E-state index in [2.05, 4.69) is 25.9 Å². The highest BCUT2D eigenvalue weighted by molar-refractivity contribution is 5.79. The van der Waals surface area contributed by atoms with Crippen molar-refractivity contribution in [1.29, 1.82) is 0 Å². The smallest absolute Gasteiger partial charge is 0.422 e. The van der Waals surface area contributed by atoms with Crippen molar-refractivity contribution >= 4 is 11.8 Å². The zero-order valence-electron chi connectivity index (χ0n) is 17.0. The Morgan fingerprint density at radius 1 is 1.03 bits per heavy atom. The highest BCUT2D eigenvalue weighted by atomic mass is 19.4. The molecule has 0 saturated heterocycles. The number of ether oxygens (including phenoxy) is 1. The second-order valence-electron chi connectivity index (χ2n) is 6.52. The van der Waals surface area contributed by atoms with Gasteiger partial charge in [-0.05, 0) is 49.6 Å². The van der Waals surface area contributed by atoms with Crippen molar-refractivity contribution in [2.45, 2.75) is 32.5 Å². The van der Waals surface area contributed by atoms with Crippen LogP contribution in [0.1, 0.15) is 25.3 Å². The van der Waals surface area contributed by atoms with E-state index in [4.69, 9.17) is 4.74 Å². The van der Waals surface area contributed by atoms with E-state index in [9.17, 15) is 13.2 Å². The van der Waals surface area contributed by atoms with Gasteiger partial charge in [0.25, 0.3) is 0 Å². The fourth-order valence-corrected chi connectivity index (χ4v) is 2.51. The maximum Gasteiger partial charge on any atom is 0.422 e. The van der Waals surface area contributed by atoms with Crippen LogP contribution in [0.2, 0.25) is 0 Å². The third kappa shape index (κ3) is 9.99. The number of anilines is 1. The lowest BCUT2D eigenvalue weighted by atomic mass is 10.2. The monoisotopic (exact) mass is 423 g/mol. The summed E-state index contributed by atoms with van der Waals surface area (Å²) in [6.45, 7) is 3.46. The Labute approximate surface area is 175 Å². The van der Waals surface area contributed by atoms with Crippen molar-refractivity contribution in [3.63, 3.8) is 0 Å². The van der Waals surface area contributed by atoms with Gasteiger partial charge in [0.1, 0.15) is 11.6 Å². The number of pyridine rings is 1. The van der Waals surface area contributed by atoms with E-state index in [1.54, 1.807) is 18.3 Å². The lowest BCUT2D eigenvalue weighted by Crippen LogP contribution is -2.37. The molecule has 0 atom stereocenters. The van der Waals surface area contributed by atoms with Gasteiger partial charge < -0.3 is 20.7 Å². The zero-order valence-corrected chi connectivity index (χ0v) is 17.0. The molecule has 3 N–H and O–H groups in total. The molecule has 1 aromatic heterocycles. The summed E-state index contributed by atoms with van der Waals surface area (Å²) in [4.78, 5) is 8.73. The number of unbranched alkanes of at least 4 members (excludes halogenated alkanes) is 1. The molecule has 0 unspecified atom stereocenters. The minimum atomic E-state index is -4.34. The molecule has 2 rings (SSSR count). The third-order valence-electron chi connectivity index (χ3n) is 3.96. The van der Waals surface area contributed by atoms with Crippen LogP contribution >= 0.6 is 0 Å². The second kappa shape index (κ2) is 12.6. The quantitative estimate of drug-likeness (QED) is 0.290. The van der Waals surface area contributed by atoms with Crippen LogP contribution in [0.25, 0.3) is 0 Å². The van der Waals surface area contributed by atoms with Crippen LogP contribution < -0.4 is 20.7 Å². The van der Waals surface area contributed by atoms with Crippen molar-refractivity contribution in [1.82, 2.24) is 15.6 Å². The van der Waals surface area contributed by atoms with Crippen LogP contribution in [-0.2, 0) is 6.54 Å². The number of halogens is 3. The Morgan fingerprint density at radius 2 is 1.80 bits per heavy atom. The molecular formula is C21H28F3N5O. The Bertz CT molecular complexity index is 751. The molecule has 164 valence electrons. The van der Waals surface area contributed by atoms with Crippen LogP contribution in [0.15, 0.2) is 53.7 Å². The largest absolute Gasteiger partial charge is 0.484 e. The number of guanidine groups is 1. The molecule has 0 spiro atoms. The summed E-state index contributed by atoms with van der Waals surface area (Å²) in [5.41, 5.74) is 0.881. The van der Waals surface area contributed by atoms with E-state index in [1.807, 2.05) is 25.1 Å². The van der Waals surface area contributed by atoms with Gasteiger partial charge in [0, 0.05) is 25.8 Å². The Balaban J connectivity index is 1.70. The van der Waals surface area contributed by atoms with E-state index >= 15 is 0 Å². The number of hydrogen-bond donors (Lipinski definition) is 3. The normalized spacial score (nSPS) is 11.8. The molecule has 0 aliphatic heterocycles. The van der Waals surface area contributed by atoms with Gasteiger partial charge in [-0.3, -0.25) is 0 Å². The lowest BCUT2D eigenvalue weighted by molar-refractivity contribution is -0.153. The van der Waals surface area contributed by atoms with Gasteiger partial charge in [-0.25, -0.2) is 9.98 Å².